The Morgan fingerprint density at radius 3 is 2.29 bits per heavy atom. The summed E-state index contributed by atoms with van der Waals surface area (Å²) in [6.45, 7) is 0.132. The van der Waals surface area contributed by atoms with Gasteiger partial charge in [0.15, 0.2) is 5.78 Å². The lowest BCUT2D eigenvalue weighted by Gasteiger charge is -2.40. The Hall–Kier alpha value is -3.63. The molecule has 2 fully saturated rings. The second-order valence-electron chi connectivity index (χ2n) is 8.99. The van der Waals surface area contributed by atoms with E-state index < -0.39 is 24.5 Å². The third kappa shape index (κ3) is 5.55. The summed E-state index contributed by atoms with van der Waals surface area (Å²) < 4.78 is 37.9. The molecule has 0 aliphatic carbocycles. The normalized spacial score (nSPS) is 21.5. The van der Waals surface area contributed by atoms with E-state index in [1.54, 1.807) is 12.3 Å². The van der Waals surface area contributed by atoms with Gasteiger partial charge >= 0.3 is 6.18 Å². The highest BCUT2D eigenvalue weighted by molar-refractivity contribution is 6.02. The van der Waals surface area contributed by atoms with Gasteiger partial charge in [0.2, 0.25) is 0 Å². The molecule has 0 saturated carbocycles. The lowest BCUT2D eigenvalue weighted by Crippen LogP contribution is -2.50. The molecular formula is C24H26F3N5O3. The maximum absolute atomic E-state index is 12.9. The number of nitrogens with one attached hydrogen (secondary N) is 2. The second-order valence-corrected chi connectivity index (χ2v) is 8.99. The summed E-state index contributed by atoms with van der Waals surface area (Å²) in [6.07, 6.45) is 0.360. The van der Waals surface area contributed by atoms with Gasteiger partial charge in [-0.05, 0) is 62.9 Å². The highest BCUT2D eigenvalue weighted by Gasteiger charge is 2.41. The molecule has 0 radical (unpaired) electrons. The Bertz CT molecular complexity index is 1120. The van der Waals surface area contributed by atoms with Crippen LogP contribution in [0.4, 0.5) is 24.7 Å². The zero-order valence-corrected chi connectivity index (χ0v) is 19.1. The number of amides is 2. The average Bonchev–Trinajstić information content (AvgIpc) is 3.07. The number of piperidine rings is 1. The van der Waals surface area contributed by atoms with Crippen LogP contribution in [0.25, 0.3) is 0 Å². The number of primary amides is 1. The van der Waals surface area contributed by atoms with E-state index >= 15 is 0 Å². The Morgan fingerprint density at radius 1 is 1.09 bits per heavy atom. The highest BCUT2D eigenvalue weighted by atomic mass is 19.4. The number of fused-ring (bicyclic) bond motifs is 2. The molecule has 3 heterocycles. The smallest absolute Gasteiger partial charge is 0.376 e. The highest BCUT2D eigenvalue weighted by Crippen LogP contribution is 2.38. The predicted octanol–water partition coefficient (Wildman–Crippen LogP) is 3.29. The van der Waals surface area contributed by atoms with Gasteiger partial charge in [-0.15, -0.1) is 0 Å². The molecule has 2 aromatic rings. The van der Waals surface area contributed by atoms with Crippen molar-refractivity contribution in [3.8, 4) is 0 Å². The zero-order chi connectivity index (χ0) is 25.3. The second kappa shape index (κ2) is 9.55. The number of nitrogens with two attached hydrogens (primary N) is 1. The van der Waals surface area contributed by atoms with Crippen molar-refractivity contribution in [2.75, 3.05) is 16.8 Å². The lowest BCUT2D eigenvalue weighted by atomic mass is 9.96. The molecule has 0 unspecified atom stereocenters. The molecule has 0 spiro atoms. The third-order valence-electron chi connectivity index (χ3n) is 6.51. The zero-order valence-electron chi connectivity index (χ0n) is 19.1. The van der Waals surface area contributed by atoms with Gasteiger partial charge in [0.05, 0.1) is 5.56 Å². The molecule has 2 aliphatic heterocycles. The SMILES string of the molecule is CC(=O)c1ccc(N2[C@@H]3CC[C@H]2C[C@@H](NC(=O)c2ccc(C(N)=O)c(NCC(F)(F)F)c2)C3)nc1. The molecule has 2 saturated heterocycles. The number of aromatic nitrogens is 1. The molecule has 2 aliphatic rings. The first-order valence-electron chi connectivity index (χ1n) is 11.3. The van der Waals surface area contributed by atoms with Crippen molar-refractivity contribution in [1.29, 1.82) is 0 Å². The molecule has 35 heavy (non-hydrogen) atoms. The van der Waals surface area contributed by atoms with Gasteiger partial charge in [-0.2, -0.15) is 13.2 Å². The van der Waals surface area contributed by atoms with Crippen LogP contribution in [0, 0.1) is 0 Å². The summed E-state index contributed by atoms with van der Waals surface area (Å²) in [4.78, 5) is 42.7. The Labute approximate surface area is 200 Å². The fourth-order valence-corrected chi connectivity index (χ4v) is 4.93. The lowest BCUT2D eigenvalue weighted by molar-refractivity contribution is -0.115. The monoisotopic (exact) mass is 489 g/mol. The van der Waals surface area contributed by atoms with Gasteiger partial charge in [-0.1, -0.05) is 0 Å². The molecule has 4 rings (SSSR count). The molecule has 1 aromatic carbocycles. The number of alkyl halides is 3. The Morgan fingerprint density at radius 2 is 1.74 bits per heavy atom. The quantitative estimate of drug-likeness (QED) is 0.514. The number of carbonyl (C=O) groups is 3. The maximum Gasteiger partial charge on any atom is 0.405 e. The minimum atomic E-state index is -4.50. The number of rotatable bonds is 7. The van der Waals surface area contributed by atoms with Gasteiger partial charge in [0.1, 0.15) is 12.4 Å². The summed E-state index contributed by atoms with van der Waals surface area (Å²) in [5.41, 5.74) is 5.68. The number of carbonyl (C=O) groups excluding carboxylic acids is 3. The average molecular weight is 489 g/mol. The Kier molecular flexibility index (Phi) is 6.68. The summed E-state index contributed by atoms with van der Waals surface area (Å²) in [5.74, 6) is -0.572. The first-order valence-corrected chi connectivity index (χ1v) is 11.3. The van der Waals surface area contributed by atoms with E-state index in [1.807, 2.05) is 6.07 Å². The number of hydrogen-bond donors (Lipinski definition) is 3. The van der Waals surface area contributed by atoms with Crippen LogP contribution in [0.5, 0.6) is 0 Å². The molecule has 186 valence electrons. The number of halogens is 3. The van der Waals surface area contributed by atoms with Crippen LogP contribution in [0.2, 0.25) is 0 Å². The summed E-state index contributed by atoms with van der Waals surface area (Å²) >= 11 is 0. The molecule has 2 bridgehead atoms. The number of benzene rings is 1. The van der Waals surface area contributed by atoms with Gasteiger partial charge in [0.25, 0.3) is 11.8 Å². The number of nitrogens with zero attached hydrogens (tertiary/aromatic N) is 2. The van der Waals surface area contributed by atoms with E-state index in [0.29, 0.717) is 18.4 Å². The molecule has 11 heteroatoms. The van der Waals surface area contributed by atoms with Crippen molar-refractivity contribution in [2.24, 2.45) is 5.73 Å². The van der Waals surface area contributed by atoms with E-state index in [9.17, 15) is 27.6 Å². The summed E-state index contributed by atoms with van der Waals surface area (Å²) in [5, 5.41) is 5.14. The molecule has 3 atom stereocenters. The number of pyridine rings is 1. The van der Waals surface area contributed by atoms with Gasteiger partial charge in [0, 0.05) is 41.1 Å². The van der Waals surface area contributed by atoms with Gasteiger partial charge < -0.3 is 21.3 Å². The van der Waals surface area contributed by atoms with Gasteiger partial charge in [-0.3, -0.25) is 14.4 Å². The van der Waals surface area contributed by atoms with Crippen LogP contribution in [-0.4, -0.2) is 53.4 Å². The standard InChI is InChI=1S/C24H26F3N5O3/c1-13(33)15-3-7-21(29-11-15)32-17-4-5-18(32)10-16(9-17)31-23(35)14-2-6-19(22(28)34)20(8-14)30-12-24(25,26)27/h2-3,6-8,11,16-18,30H,4-5,9-10,12H2,1H3,(H2,28,34)(H,31,35)/t16-,17+,18-. The van der Waals surface area contributed by atoms with Crippen LogP contribution < -0.4 is 21.3 Å². The molecule has 2 amide bonds. The van der Waals surface area contributed by atoms with Crippen molar-refractivity contribution in [3.63, 3.8) is 0 Å². The van der Waals surface area contributed by atoms with E-state index in [1.165, 1.54) is 25.1 Å². The largest absolute Gasteiger partial charge is 0.405 e. The number of ketones is 1. The van der Waals surface area contributed by atoms with Crippen molar-refractivity contribution < 1.29 is 27.6 Å². The first kappa shape index (κ1) is 24.5. The van der Waals surface area contributed by atoms with Crippen molar-refractivity contribution in [2.45, 2.75) is 56.9 Å². The number of Topliss-reactive ketones (excluding diaryl/α,β-unsaturated/α-hetero) is 1. The molecule has 1 aromatic heterocycles. The van der Waals surface area contributed by atoms with Crippen molar-refractivity contribution in [3.05, 3.63) is 53.2 Å². The minimum Gasteiger partial charge on any atom is -0.376 e. The van der Waals surface area contributed by atoms with Crippen molar-refractivity contribution in [1.82, 2.24) is 10.3 Å². The predicted molar refractivity (Wildman–Crippen MR) is 124 cm³/mol. The fraction of sp³-hybridized carbons (Fsp3) is 0.417. The van der Waals surface area contributed by atoms with E-state index in [0.717, 1.165) is 18.7 Å². The topological polar surface area (TPSA) is 117 Å². The minimum absolute atomic E-state index is 0.0472. The van der Waals surface area contributed by atoms with E-state index in [-0.39, 0.29) is 40.7 Å². The molecular weight excluding hydrogens is 463 g/mol. The number of anilines is 2. The molecule has 8 nitrogen and oxygen atoms in total. The third-order valence-corrected chi connectivity index (χ3v) is 6.51. The Balaban J connectivity index is 1.44. The summed E-state index contributed by atoms with van der Waals surface area (Å²) in [6, 6.07) is 7.68. The van der Waals surface area contributed by atoms with E-state index in [4.69, 9.17) is 5.73 Å². The molecule has 4 N–H and O–H groups in total. The summed E-state index contributed by atoms with van der Waals surface area (Å²) in [7, 11) is 0. The number of hydrogen-bond acceptors (Lipinski definition) is 6. The van der Waals surface area contributed by atoms with Crippen LogP contribution in [0.3, 0.4) is 0 Å². The van der Waals surface area contributed by atoms with Crippen LogP contribution in [0.15, 0.2) is 36.5 Å². The van der Waals surface area contributed by atoms with Crippen LogP contribution in [0.1, 0.15) is 63.7 Å². The maximum atomic E-state index is 12.9. The van der Waals surface area contributed by atoms with E-state index in [2.05, 4.69) is 20.5 Å². The van der Waals surface area contributed by atoms with Crippen LogP contribution in [-0.2, 0) is 0 Å². The fourth-order valence-electron chi connectivity index (χ4n) is 4.93. The van der Waals surface area contributed by atoms with Gasteiger partial charge in [-0.25, -0.2) is 4.98 Å². The van der Waals surface area contributed by atoms with Crippen molar-refractivity contribution >= 4 is 29.1 Å². The first-order chi connectivity index (χ1) is 16.5. The van der Waals surface area contributed by atoms with Crippen LogP contribution >= 0.6 is 0 Å².